The van der Waals surface area contributed by atoms with Crippen LogP contribution in [0.15, 0.2) is 25.1 Å². The Balaban J connectivity index is 0. The Morgan fingerprint density at radius 1 is 1.40 bits per heavy atom. The fourth-order valence-corrected chi connectivity index (χ4v) is 0.174. The summed E-state index contributed by atoms with van der Waals surface area (Å²) in [5, 5.41) is 2.78. The molecule has 1 heteroatoms. The van der Waals surface area contributed by atoms with Crippen LogP contribution in [0, 0.1) is 0 Å². The van der Waals surface area contributed by atoms with Crippen molar-refractivity contribution in [3.63, 3.8) is 0 Å². The van der Waals surface area contributed by atoms with Crippen LogP contribution in [0.2, 0.25) is 0 Å². The van der Waals surface area contributed by atoms with E-state index in [1.54, 1.807) is 6.20 Å². The van der Waals surface area contributed by atoms with Crippen LogP contribution in [0.25, 0.3) is 0 Å². The van der Waals surface area contributed by atoms with Crippen LogP contribution in [0.5, 0.6) is 0 Å². The molecule has 0 aromatic heterocycles. The van der Waals surface area contributed by atoms with Crippen LogP contribution < -0.4 is 5.32 Å². The highest BCUT2D eigenvalue weighted by Gasteiger charge is 1.66. The Hall–Kier alpha value is -0.720. The number of nitrogens with one attached hydrogen (secondary N) is 1. The van der Waals surface area contributed by atoms with Gasteiger partial charge in [-0.2, -0.15) is 0 Å². The van der Waals surface area contributed by atoms with E-state index < -0.39 is 0 Å². The molecule has 10 heavy (non-hydrogen) atoms. The van der Waals surface area contributed by atoms with Gasteiger partial charge in [-0.1, -0.05) is 39.8 Å². The maximum Gasteiger partial charge on any atom is 0.00418 e. The third-order valence-corrected chi connectivity index (χ3v) is 0.848. The highest BCUT2D eigenvalue weighted by Crippen LogP contribution is 1.76. The lowest BCUT2D eigenvalue weighted by Gasteiger charge is -1.90. The van der Waals surface area contributed by atoms with E-state index in [1.165, 1.54) is 12.8 Å². The molecule has 1 nitrogen and oxygen atoms in total. The van der Waals surface area contributed by atoms with E-state index in [0.717, 1.165) is 5.70 Å². The minimum atomic E-state index is 0.921. The number of rotatable bonds is 3. The molecule has 0 rings (SSSR count). The molecule has 60 valence electrons. The molecule has 0 aliphatic rings. The first-order valence-corrected chi connectivity index (χ1v) is 3.71. The Bertz CT molecular complexity index is 82.7. The molecule has 0 aromatic carbocycles. The summed E-state index contributed by atoms with van der Waals surface area (Å²) in [6.45, 7) is 13.2. The van der Waals surface area contributed by atoms with Gasteiger partial charge in [0.05, 0.1) is 0 Å². The monoisotopic (exact) mass is 141 g/mol. The summed E-state index contributed by atoms with van der Waals surface area (Å²) in [7, 11) is 0. The largest absolute Gasteiger partial charge is 0.366 e. The summed E-state index contributed by atoms with van der Waals surface area (Å²) in [4.78, 5) is 0. The molecule has 0 atom stereocenters. The molecule has 0 saturated heterocycles. The van der Waals surface area contributed by atoms with E-state index >= 15 is 0 Å². The Morgan fingerprint density at radius 2 is 1.80 bits per heavy atom. The summed E-state index contributed by atoms with van der Waals surface area (Å²) in [5.74, 6) is 0. The first kappa shape index (κ1) is 12.0. The van der Waals surface area contributed by atoms with Gasteiger partial charge in [0.25, 0.3) is 0 Å². The van der Waals surface area contributed by atoms with Gasteiger partial charge in [0.15, 0.2) is 0 Å². The van der Waals surface area contributed by atoms with Crippen molar-refractivity contribution in [2.24, 2.45) is 0 Å². The van der Waals surface area contributed by atoms with E-state index in [2.05, 4.69) is 32.3 Å². The summed E-state index contributed by atoms with van der Waals surface area (Å²) in [6.07, 6.45) is 4.24. The number of hydrogen-bond acceptors (Lipinski definition) is 1. The fraction of sp³-hybridized carbons (Fsp3) is 0.556. The lowest BCUT2D eigenvalue weighted by atomic mass is 10.4. The van der Waals surface area contributed by atoms with Crippen molar-refractivity contribution in [2.75, 3.05) is 0 Å². The van der Waals surface area contributed by atoms with E-state index in [0.29, 0.717) is 0 Å². The van der Waals surface area contributed by atoms with Gasteiger partial charge in [0.2, 0.25) is 0 Å². The summed E-state index contributed by atoms with van der Waals surface area (Å²) in [5.41, 5.74) is 0.921. The number of unbranched alkanes of at least 4 members (excludes halogenated alkanes) is 1. The average Bonchev–Trinajstić information content (AvgIpc) is 1.89. The van der Waals surface area contributed by atoms with Crippen molar-refractivity contribution in [1.82, 2.24) is 5.32 Å². The van der Waals surface area contributed by atoms with Crippen LogP contribution in [-0.4, -0.2) is 0 Å². The standard InChI is InChI=1S/C5H9N.C4H10/c1-4-6-5(2)3;1-3-4-2/h4,6H,1-2H2,3H3;3-4H2,1-2H3. The molecule has 0 fully saturated rings. The molecular formula is C9H19N. The lowest BCUT2D eigenvalue weighted by molar-refractivity contribution is 0.886. The average molecular weight is 141 g/mol. The van der Waals surface area contributed by atoms with Crippen molar-refractivity contribution < 1.29 is 0 Å². The second-order valence-electron chi connectivity index (χ2n) is 2.13. The van der Waals surface area contributed by atoms with Crippen LogP contribution in [0.4, 0.5) is 0 Å². The second-order valence-corrected chi connectivity index (χ2v) is 2.13. The number of allylic oxidation sites excluding steroid dienone is 1. The highest BCUT2D eigenvalue weighted by molar-refractivity contribution is 4.88. The van der Waals surface area contributed by atoms with Crippen LogP contribution >= 0.6 is 0 Å². The smallest absolute Gasteiger partial charge is 0.00418 e. The molecule has 0 heterocycles. The topological polar surface area (TPSA) is 12.0 Å². The first-order chi connectivity index (χ1) is 4.68. The molecular weight excluding hydrogens is 122 g/mol. The summed E-state index contributed by atoms with van der Waals surface area (Å²) in [6, 6.07) is 0. The second kappa shape index (κ2) is 11.1. The normalized spacial score (nSPS) is 7.10. The van der Waals surface area contributed by atoms with Crippen molar-refractivity contribution in [2.45, 2.75) is 33.6 Å². The van der Waals surface area contributed by atoms with Crippen LogP contribution in [0.1, 0.15) is 33.6 Å². The van der Waals surface area contributed by atoms with Gasteiger partial charge in [-0.3, -0.25) is 0 Å². The Labute approximate surface area is 64.8 Å². The van der Waals surface area contributed by atoms with Gasteiger partial charge < -0.3 is 5.32 Å². The molecule has 0 aliphatic carbocycles. The molecule has 1 N–H and O–H groups in total. The molecule has 0 spiro atoms. The minimum Gasteiger partial charge on any atom is -0.366 e. The quantitative estimate of drug-likeness (QED) is 0.637. The van der Waals surface area contributed by atoms with Crippen LogP contribution in [-0.2, 0) is 0 Å². The maximum absolute atomic E-state index is 3.56. The van der Waals surface area contributed by atoms with E-state index in [1.807, 2.05) is 6.92 Å². The van der Waals surface area contributed by atoms with E-state index in [9.17, 15) is 0 Å². The third-order valence-electron chi connectivity index (χ3n) is 0.848. The first-order valence-electron chi connectivity index (χ1n) is 3.71. The van der Waals surface area contributed by atoms with Gasteiger partial charge >= 0.3 is 0 Å². The predicted molar refractivity (Wildman–Crippen MR) is 48.7 cm³/mol. The van der Waals surface area contributed by atoms with Gasteiger partial charge in [-0.15, -0.1) is 0 Å². The third kappa shape index (κ3) is 26.7. The molecule has 0 bridgehead atoms. The lowest BCUT2D eigenvalue weighted by Crippen LogP contribution is -1.96. The van der Waals surface area contributed by atoms with Gasteiger partial charge in [0.1, 0.15) is 0 Å². The maximum atomic E-state index is 3.56. The van der Waals surface area contributed by atoms with Gasteiger partial charge in [-0.05, 0) is 13.1 Å². The summed E-state index contributed by atoms with van der Waals surface area (Å²) < 4.78 is 0. The van der Waals surface area contributed by atoms with E-state index in [4.69, 9.17) is 0 Å². The molecule has 0 aliphatic heterocycles. The van der Waals surface area contributed by atoms with Crippen molar-refractivity contribution in [3.8, 4) is 0 Å². The van der Waals surface area contributed by atoms with Crippen molar-refractivity contribution in [3.05, 3.63) is 25.1 Å². The SMILES string of the molecule is C=CNC(=C)C.CCCC. The van der Waals surface area contributed by atoms with Crippen LogP contribution in [0.3, 0.4) is 0 Å². The van der Waals surface area contributed by atoms with Crippen molar-refractivity contribution >= 4 is 0 Å². The number of hydrogen-bond donors (Lipinski definition) is 1. The Morgan fingerprint density at radius 3 is 1.80 bits per heavy atom. The van der Waals surface area contributed by atoms with E-state index in [-0.39, 0.29) is 0 Å². The summed E-state index contributed by atoms with van der Waals surface area (Å²) >= 11 is 0. The molecule has 0 aromatic rings. The zero-order chi connectivity index (χ0) is 8.41. The molecule has 0 unspecified atom stereocenters. The Kier molecular flexibility index (Phi) is 13.4. The van der Waals surface area contributed by atoms with Crippen molar-refractivity contribution in [1.29, 1.82) is 0 Å². The van der Waals surface area contributed by atoms with Gasteiger partial charge in [0, 0.05) is 5.70 Å². The fourth-order valence-electron chi connectivity index (χ4n) is 0.174. The molecule has 0 amide bonds. The highest BCUT2D eigenvalue weighted by atomic mass is 14.8. The minimum absolute atomic E-state index is 0.921. The zero-order valence-corrected chi connectivity index (χ0v) is 7.41. The predicted octanol–water partition coefficient (Wildman–Crippen LogP) is 3.06. The molecule has 0 radical (unpaired) electrons. The molecule has 0 saturated carbocycles. The zero-order valence-electron chi connectivity index (χ0n) is 7.41. The van der Waals surface area contributed by atoms with Gasteiger partial charge in [-0.25, -0.2) is 0 Å².